The monoisotopic (exact) mass is 376 g/mol. The summed E-state index contributed by atoms with van der Waals surface area (Å²) >= 11 is 0. The Labute approximate surface area is 153 Å². The third-order valence-electron chi connectivity index (χ3n) is 3.75. The highest BCUT2D eigenvalue weighted by molar-refractivity contribution is 5.85. The van der Waals surface area contributed by atoms with Gasteiger partial charge in [-0.15, -0.1) is 0 Å². The number of nitriles is 1. The van der Waals surface area contributed by atoms with E-state index >= 15 is 0 Å². The maximum Gasteiger partial charge on any atom is 0.416 e. The Bertz CT molecular complexity index is 888. The lowest BCUT2D eigenvalue weighted by molar-refractivity contribution is -0.141. The van der Waals surface area contributed by atoms with Crippen LogP contribution in [0.15, 0.2) is 48.5 Å². The minimum atomic E-state index is -4.53. The lowest BCUT2D eigenvalue weighted by Crippen LogP contribution is -2.43. The van der Waals surface area contributed by atoms with Gasteiger partial charge >= 0.3 is 12.1 Å². The van der Waals surface area contributed by atoms with Gasteiger partial charge in [-0.05, 0) is 29.3 Å². The minimum Gasteiger partial charge on any atom is -0.480 e. The SMILES string of the molecule is N#Cc1cccc(C[C@H](NC(=O)Cc2cccc(C(F)(F)F)c2)C(=O)O)c1. The Morgan fingerprint density at radius 2 is 1.78 bits per heavy atom. The van der Waals surface area contributed by atoms with Crippen LogP contribution in [0, 0.1) is 11.3 Å². The van der Waals surface area contributed by atoms with Gasteiger partial charge in [0.15, 0.2) is 0 Å². The van der Waals surface area contributed by atoms with Crippen molar-refractivity contribution in [2.75, 3.05) is 0 Å². The second kappa shape index (κ2) is 8.36. The van der Waals surface area contributed by atoms with E-state index in [1.54, 1.807) is 18.2 Å². The summed E-state index contributed by atoms with van der Waals surface area (Å²) in [6, 6.07) is 11.2. The molecule has 1 amide bonds. The zero-order valence-corrected chi connectivity index (χ0v) is 14.0. The van der Waals surface area contributed by atoms with E-state index < -0.39 is 29.7 Å². The van der Waals surface area contributed by atoms with Gasteiger partial charge < -0.3 is 10.4 Å². The number of hydrogen-bond donors (Lipinski definition) is 2. The van der Waals surface area contributed by atoms with Gasteiger partial charge in [-0.3, -0.25) is 4.79 Å². The topological polar surface area (TPSA) is 90.2 Å². The molecule has 1 atom stereocenters. The summed E-state index contributed by atoms with van der Waals surface area (Å²) in [7, 11) is 0. The number of aliphatic carboxylic acids is 1. The first-order valence-electron chi connectivity index (χ1n) is 7.86. The van der Waals surface area contributed by atoms with Crippen LogP contribution < -0.4 is 5.32 Å². The van der Waals surface area contributed by atoms with Crippen LogP contribution in [-0.4, -0.2) is 23.0 Å². The van der Waals surface area contributed by atoms with Crippen molar-refractivity contribution in [1.29, 1.82) is 5.26 Å². The number of halogens is 3. The molecule has 0 aliphatic rings. The van der Waals surface area contributed by atoms with E-state index in [0.29, 0.717) is 11.1 Å². The molecular weight excluding hydrogens is 361 g/mol. The molecule has 2 N–H and O–H groups in total. The zero-order valence-electron chi connectivity index (χ0n) is 14.0. The summed E-state index contributed by atoms with van der Waals surface area (Å²) in [6.45, 7) is 0. The van der Waals surface area contributed by atoms with Gasteiger partial charge in [-0.25, -0.2) is 4.79 Å². The quantitative estimate of drug-likeness (QED) is 0.811. The van der Waals surface area contributed by atoms with Gasteiger partial charge in [0.05, 0.1) is 23.6 Å². The van der Waals surface area contributed by atoms with Crippen molar-refractivity contribution in [3.05, 3.63) is 70.8 Å². The molecule has 0 aromatic heterocycles. The molecule has 2 aromatic rings. The van der Waals surface area contributed by atoms with Crippen molar-refractivity contribution in [2.24, 2.45) is 0 Å². The second-order valence-corrected chi connectivity index (χ2v) is 5.85. The van der Waals surface area contributed by atoms with Crippen molar-refractivity contribution in [3.63, 3.8) is 0 Å². The number of carboxylic acid groups (broad SMARTS) is 1. The number of alkyl halides is 3. The van der Waals surface area contributed by atoms with Crippen LogP contribution in [0.2, 0.25) is 0 Å². The number of carbonyl (C=O) groups excluding carboxylic acids is 1. The standard InChI is InChI=1S/C19H15F3N2O3/c20-19(21,22)15-6-2-4-13(8-15)10-17(25)24-16(18(26)27)9-12-3-1-5-14(7-12)11-23/h1-8,16H,9-10H2,(H,24,25)(H,26,27)/t16-/m0/s1. The number of rotatable bonds is 6. The Balaban J connectivity index is 2.07. The first-order valence-corrected chi connectivity index (χ1v) is 7.86. The van der Waals surface area contributed by atoms with Crippen LogP contribution in [0.3, 0.4) is 0 Å². The average Bonchev–Trinajstić information content (AvgIpc) is 2.60. The van der Waals surface area contributed by atoms with Crippen LogP contribution in [-0.2, 0) is 28.6 Å². The highest BCUT2D eigenvalue weighted by Gasteiger charge is 2.30. The van der Waals surface area contributed by atoms with Crippen molar-refractivity contribution in [1.82, 2.24) is 5.32 Å². The third kappa shape index (κ3) is 5.85. The molecule has 2 rings (SSSR count). The Morgan fingerprint density at radius 1 is 1.11 bits per heavy atom. The van der Waals surface area contributed by atoms with Crippen molar-refractivity contribution < 1.29 is 27.9 Å². The van der Waals surface area contributed by atoms with Gasteiger partial charge in [0, 0.05) is 6.42 Å². The molecule has 0 heterocycles. The molecule has 140 valence electrons. The van der Waals surface area contributed by atoms with E-state index in [4.69, 9.17) is 5.26 Å². The molecule has 0 saturated heterocycles. The highest BCUT2D eigenvalue weighted by Crippen LogP contribution is 2.29. The van der Waals surface area contributed by atoms with Gasteiger partial charge in [0.25, 0.3) is 0 Å². The van der Waals surface area contributed by atoms with Crippen LogP contribution in [0.1, 0.15) is 22.3 Å². The van der Waals surface area contributed by atoms with Crippen molar-refractivity contribution in [2.45, 2.75) is 25.1 Å². The first kappa shape index (κ1) is 20.0. The average molecular weight is 376 g/mol. The van der Waals surface area contributed by atoms with Crippen LogP contribution in [0.25, 0.3) is 0 Å². The van der Waals surface area contributed by atoms with E-state index in [0.717, 1.165) is 12.1 Å². The van der Waals surface area contributed by atoms with Crippen molar-refractivity contribution >= 4 is 11.9 Å². The summed E-state index contributed by atoms with van der Waals surface area (Å²) in [5.74, 6) is -1.99. The number of carboxylic acids is 1. The van der Waals surface area contributed by atoms with E-state index in [9.17, 15) is 27.9 Å². The fraction of sp³-hybridized carbons (Fsp3) is 0.211. The molecule has 0 radical (unpaired) electrons. The van der Waals surface area contributed by atoms with Gasteiger partial charge in [0.2, 0.25) is 5.91 Å². The Kier molecular flexibility index (Phi) is 6.19. The predicted octanol–water partition coefficient (Wildman–Crippen LogP) is 2.93. The Hall–Kier alpha value is -3.34. The predicted molar refractivity (Wildman–Crippen MR) is 89.6 cm³/mol. The summed E-state index contributed by atoms with van der Waals surface area (Å²) in [4.78, 5) is 23.5. The number of amides is 1. The number of nitrogens with one attached hydrogen (secondary N) is 1. The molecule has 2 aromatic carbocycles. The minimum absolute atomic E-state index is 0.0564. The Morgan fingerprint density at radius 3 is 2.41 bits per heavy atom. The number of benzene rings is 2. The fourth-order valence-corrected chi connectivity index (χ4v) is 2.49. The molecule has 0 saturated carbocycles. The number of hydrogen-bond acceptors (Lipinski definition) is 3. The zero-order chi connectivity index (χ0) is 20.0. The molecule has 0 bridgehead atoms. The maximum atomic E-state index is 12.7. The first-order chi connectivity index (χ1) is 12.7. The lowest BCUT2D eigenvalue weighted by atomic mass is 10.0. The second-order valence-electron chi connectivity index (χ2n) is 5.85. The summed E-state index contributed by atoms with van der Waals surface area (Å²) < 4.78 is 38.2. The molecule has 5 nitrogen and oxygen atoms in total. The van der Waals surface area contributed by atoms with Crippen LogP contribution in [0.5, 0.6) is 0 Å². The van der Waals surface area contributed by atoms with E-state index in [1.165, 1.54) is 18.2 Å². The van der Waals surface area contributed by atoms with E-state index in [-0.39, 0.29) is 18.4 Å². The van der Waals surface area contributed by atoms with E-state index in [2.05, 4.69) is 5.32 Å². The lowest BCUT2D eigenvalue weighted by Gasteiger charge is -2.15. The number of carbonyl (C=O) groups is 2. The molecule has 0 spiro atoms. The number of nitrogens with zero attached hydrogens (tertiary/aromatic N) is 1. The van der Waals surface area contributed by atoms with Crippen LogP contribution >= 0.6 is 0 Å². The molecule has 27 heavy (non-hydrogen) atoms. The van der Waals surface area contributed by atoms with E-state index in [1.807, 2.05) is 6.07 Å². The fourth-order valence-electron chi connectivity index (χ4n) is 2.49. The van der Waals surface area contributed by atoms with Gasteiger partial charge in [0.1, 0.15) is 6.04 Å². The third-order valence-corrected chi connectivity index (χ3v) is 3.75. The summed E-state index contributed by atoms with van der Waals surface area (Å²) in [6.07, 6.45) is -4.97. The summed E-state index contributed by atoms with van der Waals surface area (Å²) in [5, 5.41) is 20.5. The largest absolute Gasteiger partial charge is 0.480 e. The summed E-state index contributed by atoms with van der Waals surface area (Å²) in [5.41, 5.74) is 0.140. The van der Waals surface area contributed by atoms with Crippen LogP contribution in [0.4, 0.5) is 13.2 Å². The normalized spacial score (nSPS) is 12.1. The molecule has 0 aliphatic heterocycles. The maximum absolute atomic E-state index is 12.7. The van der Waals surface area contributed by atoms with Crippen molar-refractivity contribution in [3.8, 4) is 6.07 Å². The van der Waals surface area contributed by atoms with Gasteiger partial charge in [-0.1, -0.05) is 30.3 Å². The smallest absolute Gasteiger partial charge is 0.416 e. The highest BCUT2D eigenvalue weighted by atomic mass is 19.4. The van der Waals surface area contributed by atoms with Gasteiger partial charge in [-0.2, -0.15) is 18.4 Å². The molecule has 0 aliphatic carbocycles. The molecular formula is C19H15F3N2O3. The molecule has 0 fully saturated rings. The molecule has 0 unspecified atom stereocenters. The molecule has 8 heteroatoms.